The Morgan fingerprint density at radius 1 is 1.12 bits per heavy atom. The van der Waals surface area contributed by atoms with Crippen molar-refractivity contribution in [2.24, 2.45) is 35.5 Å². The van der Waals surface area contributed by atoms with Gasteiger partial charge in [-0.2, -0.15) is 0 Å². The molecule has 1 aromatic carbocycles. The van der Waals surface area contributed by atoms with Gasteiger partial charge in [0.2, 0.25) is 11.8 Å². The smallest absolute Gasteiger partial charge is 0.271 e. The van der Waals surface area contributed by atoms with Gasteiger partial charge in [0.25, 0.3) is 5.69 Å². The summed E-state index contributed by atoms with van der Waals surface area (Å²) in [7, 11) is 1.42. The van der Waals surface area contributed by atoms with Crippen LogP contribution in [0, 0.1) is 45.6 Å². The Morgan fingerprint density at radius 2 is 1.72 bits per heavy atom. The molecule has 7 nitrogen and oxygen atoms in total. The summed E-state index contributed by atoms with van der Waals surface area (Å²) in [4.78, 5) is 37.9. The second-order valence-electron chi connectivity index (χ2n) is 7.28. The van der Waals surface area contributed by atoms with Crippen LogP contribution in [0.1, 0.15) is 6.42 Å². The number of ether oxygens (including phenoxy) is 1. The molecule has 1 saturated heterocycles. The molecule has 1 aliphatic heterocycles. The molecule has 1 aromatic rings. The van der Waals surface area contributed by atoms with E-state index in [9.17, 15) is 19.7 Å². The van der Waals surface area contributed by atoms with Crippen LogP contribution in [0.5, 0.6) is 5.75 Å². The van der Waals surface area contributed by atoms with Crippen molar-refractivity contribution in [2.45, 2.75) is 6.42 Å². The van der Waals surface area contributed by atoms with E-state index in [1.54, 1.807) is 0 Å². The third-order valence-electron chi connectivity index (χ3n) is 6.28. The van der Waals surface area contributed by atoms with Crippen LogP contribution in [0.2, 0.25) is 0 Å². The zero-order valence-corrected chi connectivity index (χ0v) is 13.5. The van der Waals surface area contributed by atoms with Gasteiger partial charge in [-0.3, -0.25) is 19.7 Å². The minimum Gasteiger partial charge on any atom is -0.495 e. The van der Waals surface area contributed by atoms with Crippen LogP contribution in [-0.2, 0) is 9.59 Å². The van der Waals surface area contributed by atoms with Crippen LogP contribution in [0.4, 0.5) is 11.4 Å². The number of hydrogen-bond acceptors (Lipinski definition) is 5. The highest BCUT2D eigenvalue weighted by molar-refractivity contribution is 6.23. The summed E-state index contributed by atoms with van der Waals surface area (Å²) in [5.41, 5.74) is 0.00406. The van der Waals surface area contributed by atoms with Crippen molar-refractivity contribution >= 4 is 23.2 Å². The highest BCUT2D eigenvalue weighted by atomic mass is 16.6. The predicted molar refractivity (Wildman–Crippen MR) is 86.8 cm³/mol. The van der Waals surface area contributed by atoms with Gasteiger partial charge in [0.15, 0.2) is 0 Å². The molecular weight excluding hydrogens is 324 g/mol. The fourth-order valence-corrected chi connectivity index (χ4v) is 5.16. The average molecular weight is 340 g/mol. The van der Waals surface area contributed by atoms with Crippen LogP contribution >= 0.6 is 0 Å². The average Bonchev–Trinajstić information content (AvgIpc) is 3.39. The minimum atomic E-state index is -0.540. The number of non-ortho nitro benzene ring substituents is 1. The first-order valence-corrected chi connectivity index (χ1v) is 8.41. The predicted octanol–water partition coefficient (Wildman–Crippen LogP) is 2.16. The van der Waals surface area contributed by atoms with Gasteiger partial charge in [0.1, 0.15) is 11.4 Å². The standard InChI is InChI=1S/C18H16N2O5/c1-25-14-5-2-8(20(23)24)6-13(14)19-17(21)15-9-3-4-10(12-7-11(9)12)16(15)18(19)22/h2-6,9-12,15-16H,7H2,1H3/t9-,10-,11-,12+,15-,16+/m0/s1. The summed E-state index contributed by atoms with van der Waals surface area (Å²) >= 11 is 0. The van der Waals surface area contributed by atoms with Crippen molar-refractivity contribution in [1.82, 2.24) is 0 Å². The second kappa shape index (κ2) is 4.68. The zero-order valence-electron chi connectivity index (χ0n) is 13.5. The van der Waals surface area contributed by atoms with Crippen LogP contribution in [0.15, 0.2) is 30.4 Å². The summed E-state index contributed by atoms with van der Waals surface area (Å²) in [5, 5.41) is 11.1. The van der Waals surface area contributed by atoms with Crippen molar-refractivity contribution in [3.63, 3.8) is 0 Å². The molecule has 2 saturated carbocycles. The van der Waals surface area contributed by atoms with E-state index in [1.165, 1.54) is 25.3 Å². The lowest BCUT2D eigenvalue weighted by atomic mass is 9.63. The number of hydrogen-bond donors (Lipinski definition) is 0. The summed E-state index contributed by atoms with van der Waals surface area (Å²) in [5.74, 6) is 0.371. The molecule has 25 heavy (non-hydrogen) atoms. The molecule has 4 aliphatic carbocycles. The molecule has 3 fully saturated rings. The van der Waals surface area contributed by atoms with Gasteiger partial charge in [-0.25, -0.2) is 4.90 Å². The molecule has 1 heterocycles. The third kappa shape index (κ3) is 1.75. The zero-order chi connectivity index (χ0) is 17.5. The largest absolute Gasteiger partial charge is 0.495 e. The molecule has 0 aromatic heterocycles. The van der Waals surface area contributed by atoms with Crippen molar-refractivity contribution < 1.29 is 19.2 Å². The van der Waals surface area contributed by atoms with Crippen molar-refractivity contribution in [3.05, 3.63) is 40.5 Å². The number of allylic oxidation sites excluding steroid dienone is 2. The van der Waals surface area contributed by atoms with E-state index >= 15 is 0 Å². The first kappa shape index (κ1) is 14.6. The molecule has 0 spiro atoms. The Kier molecular flexibility index (Phi) is 2.74. The quantitative estimate of drug-likeness (QED) is 0.364. The number of nitrogens with zero attached hydrogens (tertiary/aromatic N) is 2. The molecule has 128 valence electrons. The number of methoxy groups -OCH3 is 1. The van der Waals surface area contributed by atoms with Gasteiger partial charge in [-0.05, 0) is 36.2 Å². The number of carbonyl (C=O) groups is 2. The summed E-state index contributed by atoms with van der Waals surface area (Å²) in [6, 6.07) is 3.99. The second-order valence-corrected chi connectivity index (χ2v) is 7.28. The van der Waals surface area contributed by atoms with Crippen LogP contribution in [0.3, 0.4) is 0 Å². The first-order chi connectivity index (χ1) is 12.0. The fraction of sp³-hybridized carbons (Fsp3) is 0.444. The van der Waals surface area contributed by atoms with E-state index in [1.807, 2.05) is 0 Å². The highest BCUT2D eigenvalue weighted by Gasteiger charge is 2.67. The lowest BCUT2D eigenvalue weighted by molar-refractivity contribution is -0.384. The molecular formula is C18H16N2O5. The van der Waals surface area contributed by atoms with E-state index in [2.05, 4.69) is 12.2 Å². The molecule has 0 radical (unpaired) electrons. The maximum absolute atomic E-state index is 13.1. The van der Waals surface area contributed by atoms with E-state index < -0.39 is 4.92 Å². The maximum atomic E-state index is 13.1. The van der Waals surface area contributed by atoms with E-state index in [-0.39, 0.29) is 52.6 Å². The molecule has 5 aliphatic rings. The Hall–Kier alpha value is -2.70. The van der Waals surface area contributed by atoms with E-state index in [4.69, 9.17) is 4.74 Å². The van der Waals surface area contributed by atoms with Gasteiger partial charge >= 0.3 is 0 Å². The molecule has 7 heteroatoms. The fourth-order valence-electron chi connectivity index (χ4n) is 5.16. The molecule has 6 atom stereocenters. The Labute approximate surface area is 143 Å². The first-order valence-electron chi connectivity index (χ1n) is 8.41. The number of carbonyl (C=O) groups excluding carboxylic acids is 2. The summed E-state index contributed by atoms with van der Waals surface area (Å²) < 4.78 is 5.26. The Bertz CT molecular complexity index is 827. The van der Waals surface area contributed by atoms with Gasteiger partial charge in [-0.15, -0.1) is 0 Å². The summed E-state index contributed by atoms with van der Waals surface area (Å²) in [6.07, 6.45) is 5.29. The Balaban J connectivity index is 1.60. The number of nitro groups is 1. The van der Waals surface area contributed by atoms with Crippen LogP contribution < -0.4 is 9.64 Å². The Morgan fingerprint density at radius 3 is 2.24 bits per heavy atom. The lowest BCUT2D eigenvalue weighted by Gasteiger charge is -2.37. The minimum absolute atomic E-state index is 0.117. The van der Waals surface area contributed by atoms with Gasteiger partial charge in [0.05, 0.1) is 23.9 Å². The van der Waals surface area contributed by atoms with Crippen LogP contribution in [0.25, 0.3) is 0 Å². The monoisotopic (exact) mass is 340 g/mol. The van der Waals surface area contributed by atoms with Gasteiger partial charge in [0, 0.05) is 12.1 Å². The number of benzene rings is 1. The molecule has 0 unspecified atom stereocenters. The van der Waals surface area contributed by atoms with E-state index in [0.717, 1.165) is 11.3 Å². The van der Waals surface area contributed by atoms with Gasteiger partial charge in [-0.1, -0.05) is 12.2 Å². The van der Waals surface area contributed by atoms with Crippen molar-refractivity contribution in [2.75, 3.05) is 12.0 Å². The molecule has 2 bridgehead atoms. The van der Waals surface area contributed by atoms with Gasteiger partial charge < -0.3 is 4.74 Å². The molecule has 0 N–H and O–H groups in total. The number of nitro benzene ring substituents is 1. The maximum Gasteiger partial charge on any atom is 0.271 e. The molecule has 6 rings (SSSR count). The van der Waals surface area contributed by atoms with Crippen molar-refractivity contribution in [1.29, 1.82) is 0 Å². The van der Waals surface area contributed by atoms with Crippen LogP contribution in [-0.4, -0.2) is 23.8 Å². The number of anilines is 1. The number of imide groups is 1. The summed E-state index contributed by atoms with van der Waals surface area (Å²) in [6.45, 7) is 0. The SMILES string of the molecule is COc1ccc([N+](=O)[O-])cc1N1C(=O)[C@@H]2[C@H]3C=C[C@@H]([C@@H]4C[C@H]34)[C@@H]2C1=O. The third-order valence-corrected chi connectivity index (χ3v) is 6.28. The lowest BCUT2D eigenvalue weighted by Crippen LogP contribution is -2.40. The van der Waals surface area contributed by atoms with Crippen molar-refractivity contribution in [3.8, 4) is 5.75 Å². The molecule has 2 amide bonds. The number of rotatable bonds is 3. The number of amides is 2. The highest BCUT2D eigenvalue weighted by Crippen LogP contribution is 2.65. The normalized spacial score (nSPS) is 37.1. The van der Waals surface area contributed by atoms with E-state index in [0.29, 0.717) is 11.8 Å². The topological polar surface area (TPSA) is 89.8 Å².